The average Bonchev–Trinajstić information content (AvgIpc) is 2.40. The van der Waals surface area contributed by atoms with E-state index in [1.54, 1.807) is 0 Å². The lowest BCUT2D eigenvalue weighted by atomic mass is 10.3. The van der Waals surface area contributed by atoms with Gasteiger partial charge in [0.05, 0.1) is 19.3 Å². The number of morpholine rings is 1. The molecule has 4 nitrogen and oxygen atoms in total. The van der Waals surface area contributed by atoms with Gasteiger partial charge < -0.3 is 14.8 Å². The van der Waals surface area contributed by atoms with E-state index in [9.17, 15) is 0 Å². The second-order valence-electron chi connectivity index (χ2n) is 5.08. The van der Waals surface area contributed by atoms with E-state index < -0.39 is 0 Å². The summed E-state index contributed by atoms with van der Waals surface area (Å²) in [5.74, 6) is 0.923. The zero-order valence-electron chi connectivity index (χ0n) is 11.9. The molecule has 0 aliphatic carbocycles. The first-order valence-electron chi connectivity index (χ1n) is 7.05. The van der Waals surface area contributed by atoms with Crippen LogP contribution >= 0.6 is 0 Å². The molecule has 2 rings (SSSR count). The van der Waals surface area contributed by atoms with Crippen LogP contribution in [0.2, 0.25) is 0 Å². The first-order chi connectivity index (χ1) is 9.24. The summed E-state index contributed by atoms with van der Waals surface area (Å²) in [5.41, 5.74) is 1.12. The van der Waals surface area contributed by atoms with Crippen molar-refractivity contribution in [3.63, 3.8) is 0 Å². The van der Waals surface area contributed by atoms with Gasteiger partial charge in [-0.15, -0.1) is 0 Å². The number of hydrogen-bond acceptors (Lipinski definition) is 4. The molecule has 0 aromatic heterocycles. The van der Waals surface area contributed by atoms with Crippen molar-refractivity contribution in [1.82, 2.24) is 4.90 Å². The first kappa shape index (κ1) is 14.2. The predicted molar refractivity (Wildman–Crippen MR) is 78.0 cm³/mol. The Labute approximate surface area is 115 Å². The fourth-order valence-electron chi connectivity index (χ4n) is 2.13. The number of benzene rings is 1. The molecule has 0 bridgehead atoms. The Morgan fingerprint density at radius 1 is 1.32 bits per heavy atom. The summed E-state index contributed by atoms with van der Waals surface area (Å²) < 4.78 is 11.0. The normalized spacial score (nSPS) is 16.6. The largest absolute Gasteiger partial charge is 0.491 e. The Bertz CT molecular complexity index is 376. The first-order valence-corrected chi connectivity index (χ1v) is 7.05. The van der Waals surface area contributed by atoms with E-state index in [1.807, 2.05) is 26.0 Å². The molecule has 1 aliphatic heterocycles. The highest BCUT2D eigenvalue weighted by atomic mass is 16.5. The molecule has 0 radical (unpaired) electrons. The van der Waals surface area contributed by atoms with Crippen LogP contribution in [0.4, 0.5) is 5.69 Å². The third kappa shape index (κ3) is 5.09. The molecular formula is C15H24N2O2. The van der Waals surface area contributed by atoms with Gasteiger partial charge in [0.2, 0.25) is 0 Å². The molecule has 1 fully saturated rings. The lowest BCUT2D eigenvalue weighted by molar-refractivity contribution is 0.0398. The highest BCUT2D eigenvalue weighted by Crippen LogP contribution is 2.18. The Morgan fingerprint density at radius 3 is 2.84 bits per heavy atom. The van der Waals surface area contributed by atoms with E-state index in [0.717, 1.165) is 50.8 Å². The van der Waals surface area contributed by atoms with Crippen molar-refractivity contribution in [2.45, 2.75) is 20.0 Å². The standard InChI is InChI=1S/C15H24N2O2/c1-13(2)19-15-5-3-4-14(12-15)16-6-7-17-8-10-18-11-9-17/h3-5,12-13,16H,6-11H2,1-2H3. The number of anilines is 1. The van der Waals surface area contributed by atoms with Gasteiger partial charge in [-0.3, -0.25) is 4.90 Å². The van der Waals surface area contributed by atoms with Gasteiger partial charge in [0.25, 0.3) is 0 Å². The minimum atomic E-state index is 0.212. The quantitative estimate of drug-likeness (QED) is 0.854. The molecule has 0 saturated carbocycles. The summed E-state index contributed by atoms with van der Waals surface area (Å²) >= 11 is 0. The summed E-state index contributed by atoms with van der Waals surface area (Å²) in [6, 6.07) is 8.15. The smallest absolute Gasteiger partial charge is 0.121 e. The van der Waals surface area contributed by atoms with Gasteiger partial charge in [0, 0.05) is 37.9 Å². The van der Waals surface area contributed by atoms with Crippen LogP contribution in [0.15, 0.2) is 24.3 Å². The second kappa shape index (κ2) is 7.36. The highest BCUT2D eigenvalue weighted by Gasteiger charge is 2.09. The van der Waals surface area contributed by atoms with E-state index in [0.29, 0.717) is 0 Å². The molecule has 1 aromatic rings. The maximum absolute atomic E-state index is 5.68. The van der Waals surface area contributed by atoms with E-state index in [1.165, 1.54) is 0 Å². The third-order valence-electron chi connectivity index (χ3n) is 3.07. The van der Waals surface area contributed by atoms with Crippen LogP contribution in [-0.2, 0) is 4.74 Å². The molecule has 4 heteroatoms. The van der Waals surface area contributed by atoms with Crippen molar-refractivity contribution in [3.8, 4) is 5.75 Å². The molecule has 0 spiro atoms. The molecule has 0 amide bonds. The van der Waals surface area contributed by atoms with Crippen LogP contribution in [0.5, 0.6) is 5.75 Å². The SMILES string of the molecule is CC(C)Oc1cccc(NCCN2CCOCC2)c1. The molecule has 1 aromatic carbocycles. The minimum Gasteiger partial charge on any atom is -0.491 e. The molecular weight excluding hydrogens is 240 g/mol. The molecule has 0 atom stereocenters. The second-order valence-corrected chi connectivity index (χ2v) is 5.08. The number of nitrogens with one attached hydrogen (secondary N) is 1. The fraction of sp³-hybridized carbons (Fsp3) is 0.600. The van der Waals surface area contributed by atoms with Crippen molar-refractivity contribution >= 4 is 5.69 Å². The van der Waals surface area contributed by atoms with Crippen LogP contribution in [0, 0.1) is 0 Å². The van der Waals surface area contributed by atoms with Gasteiger partial charge in [-0.1, -0.05) is 6.07 Å². The Hall–Kier alpha value is -1.26. The zero-order valence-corrected chi connectivity index (χ0v) is 11.9. The van der Waals surface area contributed by atoms with Crippen LogP contribution in [0.3, 0.4) is 0 Å². The number of hydrogen-bond donors (Lipinski definition) is 1. The highest BCUT2D eigenvalue weighted by molar-refractivity contribution is 5.48. The van der Waals surface area contributed by atoms with Crippen molar-refractivity contribution in [2.24, 2.45) is 0 Å². The van der Waals surface area contributed by atoms with E-state index in [2.05, 4.69) is 22.3 Å². The maximum Gasteiger partial charge on any atom is 0.121 e. The van der Waals surface area contributed by atoms with E-state index in [-0.39, 0.29) is 6.10 Å². The van der Waals surface area contributed by atoms with Gasteiger partial charge in [-0.05, 0) is 26.0 Å². The molecule has 1 saturated heterocycles. The third-order valence-corrected chi connectivity index (χ3v) is 3.07. The van der Waals surface area contributed by atoms with Crippen molar-refractivity contribution in [3.05, 3.63) is 24.3 Å². The van der Waals surface area contributed by atoms with Crippen LogP contribution < -0.4 is 10.1 Å². The van der Waals surface area contributed by atoms with E-state index in [4.69, 9.17) is 9.47 Å². The lowest BCUT2D eigenvalue weighted by Crippen LogP contribution is -2.38. The summed E-state index contributed by atoms with van der Waals surface area (Å²) in [5, 5.41) is 3.44. The van der Waals surface area contributed by atoms with Crippen LogP contribution in [-0.4, -0.2) is 50.4 Å². The zero-order chi connectivity index (χ0) is 13.5. The van der Waals surface area contributed by atoms with Gasteiger partial charge in [-0.2, -0.15) is 0 Å². The average molecular weight is 264 g/mol. The predicted octanol–water partition coefficient (Wildman–Crippen LogP) is 2.22. The van der Waals surface area contributed by atoms with Gasteiger partial charge in [0.15, 0.2) is 0 Å². The van der Waals surface area contributed by atoms with Crippen molar-refractivity contribution < 1.29 is 9.47 Å². The molecule has 1 heterocycles. The van der Waals surface area contributed by atoms with Crippen LogP contribution in [0.1, 0.15) is 13.8 Å². The van der Waals surface area contributed by atoms with Gasteiger partial charge in [-0.25, -0.2) is 0 Å². The Kier molecular flexibility index (Phi) is 5.48. The number of ether oxygens (including phenoxy) is 2. The molecule has 1 N–H and O–H groups in total. The van der Waals surface area contributed by atoms with Crippen molar-refractivity contribution in [2.75, 3.05) is 44.7 Å². The summed E-state index contributed by atoms with van der Waals surface area (Å²) in [4.78, 5) is 2.42. The molecule has 19 heavy (non-hydrogen) atoms. The topological polar surface area (TPSA) is 33.7 Å². The Balaban J connectivity index is 1.75. The van der Waals surface area contributed by atoms with E-state index >= 15 is 0 Å². The molecule has 1 aliphatic rings. The lowest BCUT2D eigenvalue weighted by Gasteiger charge is -2.26. The Morgan fingerprint density at radius 2 is 2.11 bits per heavy atom. The van der Waals surface area contributed by atoms with Crippen molar-refractivity contribution in [1.29, 1.82) is 0 Å². The molecule has 0 unspecified atom stereocenters. The van der Waals surface area contributed by atoms with Gasteiger partial charge in [0.1, 0.15) is 5.75 Å². The minimum absolute atomic E-state index is 0.212. The maximum atomic E-state index is 5.68. The summed E-state index contributed by atoms with van der Waals surface area (Å²) in [6.45, 7) is 9.88. The molecule has 106 valence electrons. The van der Waals surface area contributed by atoms with Gasteiger partial charge >= 0.3 is 0 Å². The number of nitrogens with zero attached hydrogens (tertiary/aromatic N) is 1. The summed E-state index contributed by atoms with van der Waals surface area (Å²) in [6.07, 6.45) is 0.212. The van der Waals surface area contributed by atoms with Crippen LogP contribution in [0.25, 0.3) is 0 Å². The fourth-order valence-corrected chi connectivity index (χ4v) is 2.13. The summed E-state index contributed by atoms with van der Waals surface area (Å²) in [7, 11) is 0. The number of rotatable bonds is 6. The monoisotopic (exact) mass is 264 g/mol.